The van der Waals surface area contributed by atoms with Gasteiger partial charge in [-0.05, 0) is 36.0 Å². The van der Waals surface area contributed by atoms with Gasteiger partial charge in [-0.1, -0.05) is 39.3 Å². The van der Waals surface area contributed by atoms with Gasteiger partial charge in [0, 0.05) is 12.0 Å². The van der Waals surface area contributed by atoms with E-state index in [-0.39, 0.29) is 11.2 Å². The van der Waals surface area contributed by atoms with Crippen molar-refractivity contribution < 1.29 is 9.53 Å². The van der Waals surface area contributed by atoms with Crippen molar-refractivity contribution in [2.75, 3.05) is 7.11 Å². The van der Waals surface area contributed by atoms with Gasteiger partial charge in [0.15, 0.2) is 5.78 Å². The summed E-state index contributed by atoms with van der Waals surface area (Å²) < 4.78 is 5.14. The summed E-state index contributed by atoms with van der Waals surface area (Å²) in [4.78, 5) is 12.2. The first-order chi connectivity index (χ1) is 8.73. The highest BCUT2D eigenvalue weighted by Crippen LogP contribution is 2.29. The van der Waals surface area contributed by atoms with Crippen LogP contribution in [0.3, 0.4) is 0 Å². The molecule has 0 aliphatic rings. The number of carbonyl (C=O) groups excluding carboxylic acids is 1. The number of rotatable bonds is 5. The molecule has 0 heterocycles. The number of hydrogen-bond donors (Lipinski definition) is 0. The van der Waals surface area contributed by atoms with Crippen LogP contribution in [0, 0.1) is 11.3 Å². The monoisotopic (exact) mass is 282 g/mol. The van der Waals surface area contributed by atoms with Crippen molar-refractivity contribution in [2.45, 2.75) is 40.5 Å². The SMILES string of the molecule is COc1cc(C(=O)CC(C)CC(C)(C)C)ccc1Cl. The minimum absolute atomic E-state index is 0.145. The molecule has 0 fully saturated rings. The highest BCUT2D eigenvalue weighted by atomic mass is 35.5. The minimum atomic E-state index is 0.145. The van der Waals surface area contributed by atoms with Gasteiger partial charge in [0.2, 0.25) is 0 Å². The van der Waals surface area contributed by atoms with E-state index in [0.717, 1.165) is 6.42 Å². The first-order valence-corrected chi connectivity index (χ1v) is 6.97. The molecule has 1 unspecified atom stereocenters. The molecule has 0 saturated heterocycles. The second kappa shape index (κ2) is 6.42. The predicted molar refractivity (Wildman–Crippen MR) is 80.2 cm³/mol. The van der Waals surface area contributed by atoms with Crippen LogP contribution in [0.2, 0.25) is 5.02 Å². The molecule has 1 rings (SSSR count). The molecule has 19 heavy (non-hydrogen) atoms. The fourth-order valence-electron chi connectivity index (χ4n) is 2.39. The lowest BCUT2D eigenvalue weighted by molar-refractivity contribution is 0.0954. The van der Waals surface area contributed by atoms with Crippen molar-refractivity contribution in [3.05, 3.63) is 28.8 Å². The summed E-state index contributed by atoms with van der Waals surface area (Å²) in [5.41, 5.74) is 0.916. The van der Waals surface area contributed by atoms with Crippen molar-refractivity contribution in [1.29, 1.82) is 0 Å². The van der Waals surface area contributed by atoms with Crippen molar-refractivity contribution in [3.63, 3.8) is 0 Å². The fourth-order valence-corrected chi connectivity index (χ4v) is 2.58. The molecule has 2 nitrogen and oxygen atoms in total. The maximum absolute atomic E-state index is 12.2. The van der Waals surface area contributed by atoms with Crippen LogP contribution in [0.5, 0.6) is 5.75 Å². The molecule has 3 heteroatoms. The van der Waals surface area contributed by atoms with Crippen LogP contribution < -0.4 is 4.74 Å². The van der Waals surface area contributed by atoms with Gasteiger partial charge in [0.1, 0.15) is 5.75 Å². The third kappa shape index (κ3) is 5.23. The smallest absolute Gasteiger partial charge is 0.163 e. The second-order valence-corrected chi connectivity index (χ2v) is 6.75. The molecular weight excluding hydrogens is 260 g/mol. The number of methoxy groups -OCH3 is 1. The van der Waals surface area contributed by atoms with Gasteiger partial charge in [-0.15, -0.1) is 0 Å². The normalized spacial score (nSPS) is 13.2. The highest BCUT2D eigenvalue weighted by molar-refractivity contribution is 6.32. The molecule has 0 saturated carbocycles. The van der Waals surface area contributed by atoms with Crippen LogP contribution in [-0.4, -0.2) is 12.9 Å². The Morgan fingerprint density at radius 2 is 2.00 bits per heavy atom. The van der Waals surface area contributed by atoms with Crippen molar-refractivity contribution in [2.24, 2.45) is 11.3 Å². The molecule has 0 radical (unpaired) electrons. The van der Waals surface area contributed by atoms with Crippen molar-refractivity contribution in [1.82, 2.24) is 0 Å². The number of hydrogen-bond acceptors (Lipinski definition) is 2. The lowest BCUT2D eigenvalue weighted by Gasteiger charge is -2.22. The quantitative estimate of drug-likeness (QED) is 0.711. The van der Waals surface area contributed by atoms with Gasteiger partial charge >= 0.3 is 0 Å². The fraction of sp³-hybridized carbons (Fsp3) is 0.562. The van der Waals surface area contributed by atoms with Gasteiger partial charge in [0.05, 0.1) is 12.1 Å². The van der Waals surface area contributed by atoms with Crippen LogP contribution in [-0.2, 0) is 0 Å². The van der Waals surface area contributed by atoms with E-state index in [2.05, 4.69) is 27.7 Å². The Morgan fingerprint density at radius 3 is 2.53 bits per heavy atom. The zero-order chi connectivity index (χ0) is 14.6. The van der Waals surface area contributed by atoms with E-state index < -0.39 is 0 Å². The van der Waals surface area contributed by atoms with E-state index in [1.165, 1.54) is 0 Å². The molecule has 0 aliphatic carbocycles. The van der Waals surface area contributed by atoms with Gasteiger partial charge in [-0.3, -0.25) is 4.79 Å². The van der Waals surface area contributed by atoms with Crippen LogP contribution >= 0.6 is 11.6 Å². The third-order valence-corrected chi connectivity index (χ3v) is 3.28. The zero-order valence-electron chi connectivity index (χ0n) is 12.4. The third-order valence-electron chi connectivity index (χ3n) is 2.97. The van der Waals surface area contributed by atoms with Gasteiger partial charge in [-0.2, -0.15) is 0 Å². The predicted octanol–water partition coefficient (Wildman–Crippen LogP) is 4.99. The Labute approximate surface area is 121 Å². The molecule has 1 atom stereocenters. The Balaban J connectivity index is 2.73. The molecule has 106 valence electrons. The summed E-state index contributed by atoms with van der Waals surface area (Å²) in [5, 5.41) is 0.529. The summed E-state index contributed by atoms with van der Waals surface area (Å²) in [6, 6.07) is 5.19. The second-order valence-electron chi connectivity index (χ2n) is 6.35. The number of carbonyl (C=O) groups is 1. The summed E-state index contributed by atoms with van der Waals surface area (Å²) in [6.45, 7) is 8.70. The number of halogens is 1. The zero-order valence-corrected chi connectivity index (χ0v) is 13.2. The van der Waals surface area contributed by atoms with E-state index in [1.54, 1.807) is 25.3 Å². The molecule has 0 bridgehead atoms. The average molecular weight is 283 g/mol. The van der Waals surface area contributed by atoms with Crippen LogP contribution in [0.15, 0.2) is 18.2 Å². The van der Waals surface area contributed by atoms with E-state index in [4.69, 9.17) is 16.3 Å². The summed E-state index contributed by atoms with van der Waals surface area (Å²) in [5.74, 6) is 1.07. The van der Waals surface area contributed by atoms with Crippen molar-refractivity contribution >= 4 is 17.4 Å². The van der Waals surface area contributed by atoms with E-state index in [0.29, 0.717) is 28.7 Å². The minimum Gasteiger partial charge on any atom is -0.495 e. The van der Waals surface area contributed by atoms with Gasteiger partial charge < -0.3 is 4.74 Å². The maximum atomic E-state index is 12.2. The Kier molecular flexibility index (Phi) is 5.42. The molecule has 0 aliphatic heterocycles. The molecule has 0 aromatic heterocycles. The molecule has 0 amide bonds. The lowest BCUT2D eigenvalue weighted by atomic mass is 9.83. The summed E-state index contributed by atoms with van der Waals surface area (Å²) >= 11 is 5.96. The molecule has 1 aromatic rings. The molecule has 0 N–H and O–H groups in total. The first kappa shape index (κ1) is 16.0. The summed E-state index contributed by atoms with van der Waals surface area (Å²) in [7, 11) is 1.55. The van der Waals surface area contributed by atoms with Gasteiger partial charge in [0.25, 0.3) is 0 Å². The van der Waals surface area contributed by atoms with Crippen LogP contribution in [0.25, 0.3) is 0 Å². The Bertz CT molecular complexity index is 447. The number of ether oxygens (including phenoxy) is 1. The largest absolute Gasteiger partial charge is 0.495 e. The Morgan fingerprint density at radius 1 is 1.37 bits per heavy atom. The average Bonchev–Trinajstić information content (AvgIpc) is 2.26. The van der Waals surface area contributed by atoms with Crippen LogP contribution in [0.1, 0.15) is 50.9 Å². The highest BCUT2D eigenvalue weighted by Gasteiger charge is 2.19. The molecule has 0 spiro atoms. The van der Waals surface area contributed by atoms with Crippen molar-refractivity contribution in [3.8, 4) is 5.75 Å². The number of benzene rings is 1. The molecular formula is C16H23ClO2. The molecule has 1 aromatic carbocycles. The number of ketones is 1. The van der Waals surface area contributed by atoms with E-state index >= 15 is 0 Å². The maximum Gasteiger partial charge on any atom is 0.163 e. The summed E-state index contributed by atoms with van der Waals surface area (Å²) in [6.07, 6.45) is 1.59. The standard InChI is InChI=1S/C16H23ClO2/c1-11(10-16(2,3)4)8-14(18)12-6-7-13(17)15(9-12)19-5/h6-7,9,11H,8,10H2,1-5H3. The van der Waals surface area contributed by atoms with E-state index in [1.807, 2.05) is 0 Å². The van der Waals surface area contributed by atoms with E-state index in [9.17, 15) is 4.79 Å². The Hall–Kier alpha value is -1.02. The number of Topliss-reactive ketones (excluding diaryl/α,β-unsaturated/α-hetero) is 1. The lowest BCUT2D eigenvalue weighted by Crippen LogP contribution is -2.14. The van der Waals surface area contributed by atoms with Crippen LogP contribution in [0.4, 0.5) is 0 Å². The first-order valence-electron chi connectivity index (χ1n) is 6.59. The van der Waals surface area contributed by atoms with Gasteiger partial charge in [-0.25, -0.2) is 0 Å². The topological polar surface area (TPSA) is 26.3 Å².